The second kappa shape index (κ2) is 8.59. The number of amides is 2. The minimum absolute atomic E-state index is 0.106. The fraction of sp³-hybridized carbons (Fsp3) is 0.333. The Morgan fingerprint density at radius 2 is 2.03 bits per heavy atom. The predicted molar refractivity (Wildman–Crippen MR) is 116 cm³/mol. The molecule has 6 nitrogen and oxygen atoms in total. The number of sulfone groups is 1. The van der Waals surface area contributed by atoms with Crippen molar-refractivity contribution in [3.63, 3.8) is 0 Å². The zero-order valence-electron chi connectivity index (χ0n) is 16.6. The van der Waals surface area contributed by atoms with Gasteiger partial charge in [0.1, 0.15) is 0 Å². The van der Waals surface area contributed by atoms with E-state index in [0.717, 1.165) is 28.1 Å². The number of carbonyl (C=O) groups is 2. The van der Waals surface area contributed by atoms with Crippen LogP contribution in [-0.2, 0) is 25.8 Å². The molecule has 1 atom stereocenters. The van der Waals surface area contributed by atoms with Gasteiger partial charge in [0.25, 0.3) is 0 Å². The van der Waals surface area contributed by atoms with Crippen LogP contribution in [-0.4, -0.2) is 31.2 Å². The molecule has 2 aromatic carbocycles. The standard InChI is InChI=1S/C21H24N2O4S2/c1-4-15-7-5-6-13(2)21(15)23-19(24)10-14(3)29(26,27)16-8-9-17-18(11-16)28-12-20(25)22-17/h5-9,11,14H,4,10,12H2,1-3H3,(H,22,25)(H,23,24). The molecule has 1 unspecified atom stereocenters. The van der Waals surface area contributed by atoms with E-state index >= 15 is 0 Å². The molecule has 2 amide bonds. The van der Waals surface area contributed by atoms with Crippen LogP contribution in [0.4, 0.5) is 11.4 Å². The Morgan fingerprint density at radius 3 is 2.76 bits per heavy atom. The van der Waals surface area contributed by atoms with Gasteiger partial charge in [-0.15, -0.1) is 11.8 Å². The average molecular weight is 433 g/mol. The molecule has 0 spiro atoms. The number of carbonyl (C=O) groups excluding carboxylic acids is 2. The second-order valence-electron chi connectivity index (χ2n) is 7.07. The highest BCUT2D eigenvalue weighted by molar-refractivity contribution is 8.00. The van der Waals surface area contributed by atoms with Gasteiger partial charge in [0.15, 0.2) is 9.84 Å². The Balaban J connectivity index is 1.75. The van der Waals surface area contributed by atoms with E-state index in [4.69, 9.17) is 0 Å². The zero-order valence-corrected chi connectivity index (χ0v) is 18.2. The van der Waals surface area contributed by atoms with Crippen LogP contribution in [0.25, 0.3) is 0 Å². The van der Waals surface area contributed by atoms with Crippen LogP contribution in [0, 0.1) is 6.92 Å². The summed E-state index contributed by atoms with van der Waals surface area (Å²) in [5.74, 6) is -0.180. The lowest BCUT2D eigenvalue weighted by molar-refractivity contribution is -0.116. The number of nitrogens with one attached hydrogen (secondary N) is 2. The molecule has 3 rings (SSSR count). The van der Waals surface area contributed by atoms with E-state index in [1.807, 2.05) is 32.0 Å². The molecule has 29 heavy (non-hydrogen) atoms. The van der Waals surface area contributed by atoms with Gasteiger partial charge >= 0.3 is 0 Å². The number of aryl methyl sites for hydroxylation is 2. The van der Waals surface area contributed by atoms with Crippen LogP contribution in [0.1, 0.15) is 31.4 Å². The van der Waals surface area contributed by atoms with Crippen molar-refractivity contribution in [2.75, 3.05) is 16.4 Å². The molecule has 0 bridgehead atoms. The van der Waals surface area contributed by atoms with Crippen LogP contribution in [0.3, 0.4) is 0 Å². The molecule has 8 heteroatoms. The van der Waals surface area contributed by atoms with Gasteiger partial charge in [-0.2, -0.15) is 0 Å². The number of hydrogen-bond acceptors (Lipinski definition) is 5. The van der Waals surface area contributed by atoms with Crippen molar-refractivity contribution in [1.82, 2.24) is 0 Å². The monoisotopic (exact) mass is 432 g/mol. The van der Waals surface area contributed by atoms with E-state index in [9.17, 15) is 18.0 Å². The van der Waals surface area contributed by atoms with Gasteiger partial charge in [0, 0.05) is 17.0 Å². The number of benzene rings is 2. The van der Waals surface area contributed by atoms with Gasteiger partial charge in [-0.05, 0) is 49.6 Å². The van der Waals surface area contributed by atoms with Gasteiger partial charge in [-0.1, -0.05) is 25.1 Å². The molecule has 0 saturated heterocycles. The number of anilines is 2. The Kier molecular flexibility index (Phi) is 6.33. The molecular weight excluding hydrogens is 408 g/mol. The van der Waals surface area contributed by atoms with Crippen LogP contribution in [0.2, 0.25) is 0 Å². The van der Waals surface area contributed by atoms with E-state index in [1.165, 1.54) is 17.8 Å². The normalized spacial score (nSPS) is 14.7. The minimum atomic E-state index is -3.69. The first-order valence-electron chi connectivity index (χ1n) is 9.41. The first kappa shape index (κ1) is 21.4. The van der Waals surface area contributed by atoms with Crippen molar-refractivity contribution >= 4 is 44.8 Å². The summed E-state index contributed by atoms with van der Waals surface area (Å²) in [6.07, 6.45) is 0.634. The molecule has 1 aliphatic heterocycles. The lowest BCUT2D eigenvalue weighted by Gasteiger charge is -2.19. The number of thioether (sulfide) groups is 1. The summed E-state index contributed by atoms with van der Waals surface area (Å²) in [5.41, 5.74) is 3.33. The number of rotatable bonds is 6. The molecule has 0 aromatic heterocycles. The van der Waals surface area contributed by atoms with E-state index in [2.05, 4.69) is 10.6 Å². The van der Waals surface area contributed by atoms with Crippen molar-refractivity contribution in [2.24, 2.45) is 0 Å². The number of fused-ring (bicyclic) bond motifs is 1. The topological polar surface area (TPSA) is 92.3 Å². The maximum Gasteiger partial charge on any atom is 0.234 e. The minimum Gasteiger partial charge on any atom is -0.326 e. The zero-order chi connectivity index (χ0) is 21.2. The molecule has 0 saturated carbocycles. The van der Waals surface area contributed by atoms with Crippen LogP contribution in [0.5, 0.6) is 0 Å². The summed E-state index contributed by atoms with van der Waals surface area (Å²) < 4.78 is 26.0. The van der Waals surface area contributed by atoms with Crippen LogP contribution in [0.15, 0.2) is 46.2 Å². The molecular formula is C21H24N2O4S2. The third kappa shape index (κ3) is 4.64. The van der Waals surface area contributed by atoms with Crippen LogP contribution >= 0.6 is 11.8 Å². The number of para-hydroxylation sites is 1. The fourth-order valence-electron chi connectivity index (χ4n) is 3.23. The summed E-state index contributed by atoms with van der Waals surface area (Å²) in [4.78, 5) is 24.9. The lowest BCUT2D eigenvalue weighted by atomic mass is 10.1. The van der Waals surface area contributed by atoms with Gasteiger partial charge in [0.05, 0.1) is 21.6 Å². The molecule has 2 aromatic rings. The molecule has 2 N–H and O–H groups in total. The molecule has 0 fully saturated rings. The lowest BCUT2D eigenvalue weighted by Crippen LogP contribution is -2.26. The number of hydrogen-bond donors (Lipinski definition) is 2. The highest BCUT2D eigenvalue weighted by atomic mass is 32.2. The summed E-state index contributed by atoms with van der Waals surface area (Å²) in [5, 5.41) is 4.73. The van der Waals surface area contributed by atoms with E-state index in [-0.39, 0.29) is 28.9 Å². The Morgan fingerprint density at radius 1 is 1.28 bits per heavy atom. The third-order valence-corrected chi connectivity index (χ3v) is 8.11. The summed E-state index contributed by atoms with van der Waals surface area (Å²) in [6.45, 7) is 5.47. The van der Waals surface area contributed by atoms with E-state index in [0.29, 0.717) is 5.69 Å². The highest BCUT2D eigenvalue weighted by Crippen LogP contribution is 2.34. The van der Waals surface area contributed by atoms with Gasteiger partial charge < -0.3 is 10.6 Å². The largest absolute Gasteiger partial charge is 0.326 e. The highest BCUT2D eigenvalue weighted by Gasteiger charge is 2.28. The predicted octanol–water partition coefficient (Wildman–Crippen LogP) is 3.79. The summed E-state index contributed by atoms with van der Waals surface area (Å²) >= 11 is 1.30. The van der Waals surface area contributed by atoms with Crippen molar-refractivity contribution < 1.29 is 18.0 Å². The Hall–Kier alpha value is -2.32. The van der Waals surface area contributed by atoms with Crippen molar-refractivity contribution in [1.29, 1.82) is 0 Å². The smallest absolute Gasteiger partial charge is 0.234 e. The fourth-order valence-corrected chi connectivity index (χ4v) is 5.52. The molecule has 0 radical (unpaired) electrons. The average Bonchev–Trinajstić information content (AvgIpc) is 2.68. The van der Waals surface area contributed by atoms with Gasteiger partial charge in [-0.25, -0.2) is 8.42 Å². The summed E-state index contributed by atoms with van der Waals surface area (Å²) in [6, 6.07) is 10.4. The van der Waals surface area contributed by atoms with E-state index < -0.39 is 15.1 Å². The molecule has 1 aliphatic rings. The molecule has 154 valence electrons. The Labute approximate surface area is 175 Å². The first-order valence-corrected chi connectivity index (χ1v) is 11.9. The third-order valence-electron chi connectivity index (χ3n) is 4.92. The Bertz CT molecular complexity index is 1060. The second-order valence-corrected chi connectivity index (χ2v) is 10.4. The maximum absolute atomic E-state index is 13.0. The van der Waals surface area contributed by atoms with Gasteiger partial charge in [0.2, 0.25) is 11.8 Å². The molecule has 0 aliphatic carbocycles. The summed E-state index contributed by atoms with van der Waals surface area (Å²) in [7, 11) is -3.69. The molecule has 1 heterocycles. The first-order chi connectivity index (χ1) is 13.7. The SMILES string of the molecule is CCc1cccc(C)c1NC(=O)CC(C)S(=O)(=O)c1ccc2c(c1)SCC(=O)N2. The maximum atomic E-state index is 13.0. The van der Waals surface area contributed by atoms with Crippen molar-refractivity contribution in [2.45, 2.75) is 48.7 Å². The van der Waals surface area contributed by atoms with E-state index in [1.54, 1.807) is 19.1 Å². The quantitative estimate of drug-likeness (QED) is 0.724. The van der Waals surface area contributed by atoms with Crippen molar-refractivity contribution in [3.8, 4) is 0 Å². The van der Waals surface area contributed by atoms with Crippen molar-refractivity contribution in [3.05, 3.63) is 47.5 Å². The van der Waals surface area contributed by atoms with Crippen LogP contribution < -0.4 is 10.6 Å². The van der Waals surface area contributed by atoms with Gasteiger partial charge in [-0.3, -0.25) is 9.59 Å².